The van der Waals surface area contributed by atoms with Crippen LogP contribution < -0.4 is 0 Å². The Hall–Kier alpha value is -2.86. The molecule has 1 amide bonds. The molecule has 0 bridgehead atoms. The second-order valence-electron chi connectivity index (χ2n) is 8.71. The van der Waals surface area contributed by atoms with Gasteiger partial charge in [-0.2, -0.15) is 0 Å². The number of aromatic nitrogens is 1. The first-order valence-electron chi connectivity index (χ1n) is 10.3. The molecule has 0 saturated carbocycles. The lowest BCUT2D eigenvalue weighted by molar-refractivity contribution is -0.140. The number of benzene rings is 2. The maximum atomic E-state index is 13.5. The number of aromatic amines is 1. The van der Waals surface area contributed by atoms with Crippen LogP contribution in [0.3, 0.4) is 0 Å². The van der Waals surface area contributed by atoms with Gasteiger partial charge in [-0.1, -0.05) is 44.2 Å². The second-order valence-corrected chi connectivity index (χ2v) is 9.57. The van der Waals surface area contributed by atoms with E-state index < -0.39 is 11.4 Å². The fourth-order valence-corrected chi connectivity index (χ4v) is 4.62. The highest BCUT2D eigenvalue weighted by Gasteiger charge is 2.37. The molecule has 1 N–H and O–H groups in total. The van der Waals surface area contributed by atoms with Crippen LogP contribution in [0.5, 0.6) is 0 Å². The number of hydrogen-bond acceptors (Lipinski definition) is 3. The molecule has 0 unspecified atom stereocenters. The van der Waals surface area contributed by atoms with Crippen LogP contribution in [0.2, 0.25) is 0 Å². The molecule has 3 aromatic rings. The van der Waals surface area contributed by atoms with Crippen molar-refractivity contribution < 1.29 is 14.3 Å². The lowest BCUT2D eigenvalue weighted by atomic mass is 9.81. The number of esters is 1. The van der Waals surface area contributed by atoms with Crippen molar-refractivity contribution in [1.82, 2.24) is 9.88 Å². The van der Waals surface area contributed by atoms with Crippen LogP contribution in [0, 0.1) is 0 Å². The molecular formula is C25H25BrN2O3. The molecule has 31 heavy (non-hydrogen) atoms. The lowest BCUT2D eigenvalue weighted by Gasteiger charge is -2.30. The Labute approximate surface area is 190 Å². The van der Waals surface area contributed by atoms with Crippen molar-refractivity contribution in [3.8, 4) is 0 Å². The number of nitrogens with one attached hydrogen (secondary N) is 1. The summed E-state index contributed by atoms with van der Waals surface area (Å²) in [4.78, 5) is 31.6. The number of halogens is 1. The Kier molecular flexibility index (Phi) is 5.52. The van der Waals surface area contributed by atoms with Gasteiger partial charge in [-0.05, 0) is 53.5 Å². The molecule has 0 atom stereocenters. The van der Waals surface area contributed by atoms with Gasteiger partial charge < -0.3 is 14.6 Å². The number of fused-ring (bicyclic) bond motifs is 3. The summed E-state index contributed by atoms with van der Waals surface area (Å²) < 4.78 is 6.26. The molecule has 2 heterocycles. The maximum absolute atomic E-state index is 13.5. The number of ether oxygens (including phenoxy) is 1. The minimum absolute atomic E-state index is 0.176. The van der Waals surface area contributed by atoms with Crippen LogP contribution in [0.4, 0.5) is 0 Å². The molecular weight excluding hydrogens is 456 g/mol. The van der Waals surface area contributed by atoms with Crippen molar-refractivity contribution >= 4 is 44.3 Å². The highest BCUT2D eigenvalue weighted by Crippen LogP contribution is 2.40. The van der Waals surface area contributed by atoms with Crippen LogP contribution in [-0.4, -0.2) is 34.4 Å². The Morgan fingerprint density at radius 2 is 1.77 bits per heavy atom. The number of H-pyrrole nitrogens is 1. The van der Waals surface area contributed by atoms with Crippen molar-refractivity contribution in [2.45, 2.75) is 39.2 Å². The van der Waals surface area contributed by atoms with E-state index in [1.807, 2.05) is 56.3 Å². The highest BCUT2D eigenvalue weighted by atomic mass is 79.9. The first-order valence-corrected chi connectivity index (χ1v) is 11.1. The summed E-state index contributed by atoms with van der Waals surface area (Å²) in [6.45, 7) is 8.24. The Balaban J connectivity index is 1.91. The standard InChI is InChI=1S/C25H25BrN2O3/c1-15(2)31-24(30)18-13-28(23(29)16-9-5-7-11-19(16)26)14-25(3,4)21-17-10-6-8-12-20(17)27-22(18)21/h5-13,15,27H,14H2,1-4H3. The Morgan fingerprint density at radius 3 is 2.48 bits per heavy atom. The Bertz CT molecular complexity index is 1210. The van der Waals surface area contributed by atoms with E-state index in [-0.39, 0.29) is 12.0 Å². The van der Waals surface area contributed by atoms with E-state index in [9.17, 15) is 9.59 Å². The monoisotopic (exact) mass is 480 g/mol. The fourth-order valence-electron chi connectivity index (χ4n) is 4.17. The molecule has 0 spiro atoms. The third-order valence-corrected chi connectivity index (χ3v) is 6.12. The normalized spacial score (nSPS) is 15.4. The number of nitrogens with zero attached hydrogens (tertiary/aromatic N) is 1. The topological polar surface area (TPSA) is 62.4 Å². The summed E-state index contributed by atoms with van der Waals surface area (Å²) in [5, 5.41) is 1.04. The SMILES string of the molecule is CC(C)OC(=O)C1=CN(C(=O)c2ccccc2Br)CC(C)(C)c2c1[nH]c1ccccc21. The Morgan fingerprint density at radius 1 is 1.10 bits per heavy atom. The van der Waals surface area contributed by atoms with Crippen molar-refractivity contribution in [3.05, 3.63) is 76.0 Å². The zero-order valence-electron chi connectivity index (χ0n) is 18.0. The predicted molar refractivity (Wildman–Crippen MR) is 126 cm³/mol. The molecule has 1 aliphatic rings. The summed E-state index contributed by atoms with van der Waals surface area (Å²) >= 11 is 3.48. The van der Waals surface area contributed by atoms with Crippen molar-refractivity contribution in [2.24, 2.45) is 0 Å². The number of para-hydroxylation sites is 1. The first kappa shape index (κ1) is 21.4. The third-order valence-electron chi connectivity index (χ3n) is 5.43. The van der Waals surface area contributed by atoms with Crippen LogP contribution in [0.15, 0.2) is 59.2 Å². The maximum Gasteiger partial charge on any atom is 0.342 e. The van der Waals surface area contributed by atoms with Gasteiger partial charge in [0.25, 0.3) is 5.91 Å². The van der Waals surface area contributed by atoms with E-state index >= 15 is 0 Å². The molecule has 6 heteroatoms. The van der Waals surface area contributed by atoms with Crippen molar-refractivity contribution in [3.63, 3.8) is 0 Å². The van der Waals surface area contributed by atoms with Gasteiger partial charge in [0.15, 0.2) is 0 Å². The van der Waals surface area contributed by atoms with Gasteiger partial charge in [-0.3, -0.25) is 4.79 Å². The zero-order chi connectivity index (χ0) is 22.3. The third kappa shape index (κ3) is 3.92. The van der Waals surface area contributed by atoms with Crippen LogP contribution >= 0.6 is 15.9 Å². The summed E-state index contributed by atoms with van der Waals surface area (Å²) in [6.07, 6.45) is 1.36. The molecule has 0 radical (unpaired) electrons. The van der Waals surface area contributed by atoms with Gasteiger partial charge >= 0.3 is 5.97 Å². The molecule has 0 fully saturated rings. The smallest absolute Gasteiger partial charge is 0.342 e. The largest absolute Gasteiger partial charge is 0.459 e. The molecule has 5 nitrogen and oxygen atoms in total. The van der Waals surface area contributed by atoms with Gasteiger partial charge in [0, 0.05) is 33.5 Å². The van der Waals surface area contributed by atoms with Gasteiger partial charge in [0.1, 0.15) is 0 Å². The van der Waals surface area contributed by atoms with E-state index in [0.717, 1.165) is 16.5 Å². The number of amides is 1. The average molecular weight is 481 g/mol. The highest BCUT2D eigenvalue weighted by molar-refractivity contribution is 9.10. The van der Waals surface area contributed by atoms with Gasteiger partial charge in [-0.25, -0.2) is 4.79 Å². The molecule has 1 aromatic heterocycles. The van der Waals surface area contributed by atoms with E-state index in [0.29, 0.717) is 27.8 Å². The van der Waals surface area contributed by atoms with E-state index in [1.54, 1.807) is 17.2 Å². The van der Waals surface area contributed by atoms with Crippen molar-refractivity contribution in [2.75, 3.05) is 6.54 Å². The lowest BCUT2D eigenvalue weighted by Crippen LogP contribution is -2.37. The number of rotatable bonds is 3. The molecule has 2 aromatic carbocycles. The van der Waals surface area contributed by atoms with E-state index in [2.05, 4.69) is 34.8 Å². The van der Waals surface area contributed by atoms with Gasteiger partial charge in [0.05, 0.1) is 22.9 Å². The molecule has 160 valence electrons. The minimum atomic E-state index is -0.453. The van der Waals surface area contributed by atoms with Gasteiger partial charge in [0.2, 0.25) is 0 Å². The number of carbonyl (C=O) groups excluding carboxylic acids is 2. The summed E-state index contributed by atoms with van der Waals surface area (Å²) in [6, 6.07) is 15.3. The quantitative estimate of drug-likeness (QED) is 0.492. The van der Waals surface area contributed by atoms with E-state index in [1.165, 1.54) is 0 Å². The summed E-state index contributed by atoms with van der Waals surface area (Å²) in [5.74, 6) is -0.629. The zero-order valence-corrected chi connectivity index (χ0v) is 19.6. The molecule has 0 aliphatic carbocycles. The molecule has 4 rings (SSSR count). The summed E-state index contributed by atoms with van der Waals surface area (Å²) in [7, 11) is 0. The van der Waals surface area contributed by atoms with Crippen LogP contribution in [0.25, 0.3) is 16.5 Å². The second kappa shape index (κ2) is 8.00. The fraction of sp³-hybridized carbons (Fsp3) is 0.280. The predicted octanol–water partition coefficient (Wildman–Crippen LogP) is 5.66. The van der Waals surface area contributed by atoms with Crippen molar-refractivity contribution in [1.29, 1.82) is 0 Å². The first-order chi connectivity index (χ1) is 14.7. The average Bonchev–Trinajstić information content (AvgIpc) is 3.05. The van der Waals surface area contributed by atoms with Crippen LogP contribution in [0.1, 0.15) is 49.3 Å². The summed E-state index contributed by atoms with van der Waals surface area (Å²) in [5.41, 5.74) is 3.15. The van der Waals surface area contributed by atoms with Gasteiger partial charge in [-0.15, -0.1) is 0 Å². The number of carbonyl (C=O) groups is 2. The minimum Gasteiger partial charge on any atom is -0.459 e. The molecule has 1 aliphatic heterocycles. The molecule has 0 saturated heterocycles. The van der Waals surface area contributed by atoms with E-state index in [4.69, 9.17) is 4.74 Å². The number of hydrogen-bond donors (Lipinski definition) is 1. The van der Waals surface area contributed by atoms with Crippen LogP contribution in [-0.2, 0) is 14.9 Å².